The van der Waals surface area contributed by atoms with Gasteiger partial charge in [0.15, 0.2) is 12.5 Å². The van der Waals surface area contributed by atoms with Crippen LogP contribution < -0.4 is 4.74 Å². The first-order chi connectivity index (χ1) is 16.2. The van der Waals surface area contributed by atoms with Gasteiger partial charge in [-0.3, -0.25) is 4.57 Å². The number of amidine groups is 1. The Bertz CT molecular complexity index is 1400. The highest BCUT2D eigenvalue weighted by atomic mass is 16.5. The maximum absolute atomic E-state index is 11.8. The number of carboxylic acids is 1. The monoisotopic (exact) mass is 439 g/mol. The molecule has 4 aromatic rings. The number of ether oxygens (including phenoxy) is 1. The third kappa shape index (κ3) is 3.87. The number of carboxylic acid groups (broad SMARTS) is 1. The van der Waals surface area contributed by atoms with Crippen LogP contribution in [0.1, 0.15) is 28.4 Å². The third-order valence-corrected chi connectivity index (χ3v) is 5.46. The summed E-state index contributed by atoms with van der Waals surface area (Å²) in [6, 6.07) is 21.6. The molecule has 1 aliphatic rings. The first-order valence-corrected chi connectivity index (χ1v) is 10.6. The normalized spacial score (nSPS) is 12.8. The van der Waals surface area contributed by atoms with Crippen molar-refractivity contribution < 1.29 is 14.6 Å². The van der Waals surface area contributed by atoms with Crippen molar-refractivity contribution in [3.8, 4) is 17.1 Å². The lowest BCUT2D eigenvalue weighted by Crippen LogP contribution is -2.08. The fourth-order valence-electron chi connectivity index (χ4n) is 3.99. The summed E-state index contributed by atoms with van der Waals surface area (Å²) in [6.45, 7) is 3.10. The Balaban J connectivity index is 1.52. The zero-order valence-electron chi connectivity index (χ0n) is 18.0. The van der Waals surface area contributed by atoms with Crippen LogP contribution >= 0.6 is 0 Å². The number of azo groups is 1. The summed E-state index contributed by atoms with van der Waals surface area (Å²) in [5.41, 5.74) is 5.34. The Morgan fingerprint density at radius 3 is 2.52 bits per heavy atom. The Kier molecular flexibility index (Phi) is 5.40. The van der Waals surface area contributed by atoms with E-state index in [0.29, 0.717) is 42.7 Å². The van der Waals surface area contributed by atoms with Crippen molar-refractivity contribution in [2.24, 2.45) is 15.2 Å². The van der Waals surface area contributed by atoms with Gasteiger partial charge in [0.2, 0.25) is 0 Å². The van der Waals surface area contributed by atoms with Gasteiger partial charge in [-0.1, -0.05) is 54.6 Å². The molecule has 164 valence electrons. The van der Waals surface area contributed by atoms with Crippen molar-refractivity contribution in [1.82, 2.24) is 9.55 Å². The van der Waals surface area contributed by atoms with Crippen LogP contribution in [0.25, 0.3) is 22.2 Å². The number of imidazole rings is 1. The Hall–Kier alpha value is -4.33. The predicted octanol–water partition coefficient (Wildman–Crippen LogP) is 5.02. The molecule has 5 rings (SSSR count). The Morgan fingerprint density at radius 2 is 1.82 bits per heavy atom. The molecule has 0 saturated heterocycles. The Labute approximate surface area is 189 Å². The number of fused-ring (bicyclic) bond motifs is 1. The van der Waals surface area contributed by atoms with Gasteiger partial charge in [0, 0.05) is 5.56 Å². The van der Waals surface area contributed by atoms with E-state index < -0.39 is 5.97 Å². The fourth-order valence-corrected chi connectivity index (χ4v) is 3.99. The highest BCUT2D eigenvalue weighted by Gasteiger charge is 2.19. The Morgan fingerprint density at radius 1 is 1.03 bits per heavy atom. The molecule has 8 heteroatoms. The number of aliphatic imine (C=N–C) groups is 1. The van der Waals surface area contributed by atoms with Crippen LogP contribution in [0.2, 0.25) is 0 Å². The number of rotatable bonds is 7. The maximum Gasteiger partial charge on any atom is 0.337 e. The number of hydrogen-bond donors (Lipinski definition) is 1. The summed E-state index contributed by atoms with van der Waals surface area (Å²) in [4.78, 5) is 20.7. The standard InChI is InChI=1S/C25H21N5O3/c1-2-33-25-28-21-9-5-8-20(24(31)32)22(21)30(25)14-16-10-12-17(13-11-16)18-6-3-4-7-19(18)23-26-15-27-29-23/h3-13H,2,14-15H2,1H3,(H,31,32). The minimum Gasteiger partial charge on any atom is -0.478 e. The molecular formula is C25H21N5O3. The number of para-hydroxylation sites is 1. The van der Waals surface area contributed by atoms with Gasteiger partial charge in [-0.15, -0.1) is 5.11 Å². The third-order valence-electron chi connectivity index (χ3n) is 5.46. The van der Waals surface area contributed by atoms with E-state index in [0.717, 1.165) is 22.3 Å². The second kappa shape index (κ2) is 8.66. The van der Waals surface area contributed by atoms with Crippen LogP contribution in [0, 0.1) is 0 Å². The van der Waals surface area contributed by atoms with Gasteiger partial charge in [-0.05, 0) is 35.7 Å². The molecule has 33 heavy (non-hydrogen) atoms. The average Bonchev–Trinajstić information content (AvgIpc) is 3.49. The molecule has 0 aliphatic carbocycles. The van der Waals surface area contributed by atoms with Crippen LogP contribution in [-0.2, 0) is 6.54 Å². The number of nitrogens with zero attached hydrogens (tertiary/aromatic N) is 5. The van der Waals surface area contributed by atoms with E-state index in [2.05, 4.69) is 20.2 Å². The van der Waals surface area contributed by atoms with Crippen molar-refractivity contribution >= 4 is 22.8 Å². The van der Waals surface area contributed by atoms with Crippen LogP contribution in [0.15, 0.2) is 82.0 Å². The van der Waals surface area contributed by atoms with E-state index >= 15 is 0 Å². The number of aromatic carboxylic acids is 1. The molecule has 8 nitrogen and oxygen atoms in total. The molecule has 1 N–H and O–H groups in total. The maximum atomic E-state index is 11.8. The highest BCUT2D eigenvalue weighted by molar-refractivity contribution is 6.05. The van der Waals surface area contributed by atoms with Crippen molar-refractivity contribution in [2.75, 3.05) is 13.3 Å². The lowest BCUT2D eigenvalue weighted by Gasteiger charge is -2.12. The molecule has 0 amide bonds. The second-order valence-corrected chi connectivity index (χ2v) is 7.50. The summed E-state index contributed by atoms with van der Waals surface area (Å²) in [5.74, 6) is -0.356. The van der Waals surface area contributed by atoms with E-state index in [1.165, 1.54) is 0 Å². The molecule has 0 unspecified atom stereocenters. The summed E-state index contributed by atoms with van der Waals surface area (Å²) in [5, 5.41) is 17.8. The minimum absolute atomic E-state index is 0.197. The smallest absolute Gasteiger partial charge is 0.337 e. The van der Waals surface area contributed by atoms with E-state index in [1.54, 1.807) is 18.2 Å². The van der Waals surface area contributed by atoms with Crippen molar-refractivity contribution in [1.29, 1.82) is 0 Å². The van der Waals surface area contributed by atoms with Crippen molar-refractivity contribution in [2.45, 2.75) is 13.5 Å². The largest absolute Gasteiger partial charge is 0.478 e. The number of aromatic nitrogens is 2. The lowest BCUT2D eigenvalue weighted by atomic mass is 9.98. The van der Waals surface area contributed by atoms with Gasteiger partial charge in [-0.2, -0.15) is 10.1 Å². The summed E-state index contributed by atoms with van der Waals surface area (Å²) in [7, 11) is 0. The minimum atomic E-state index is -0.997. The summed E-state index contributed by atoms with van der Waals surface area (Å²) in [6.07, 6.45) is 0. The first-order valence-electron chi connectivity index (χ1n) is 10.6. The average molecular weight is 439 g/mol. The van der Waals surface area contributed by atoms with Gasteiger partial charge < -0.3 is 9.84 Å². The predicted molar refractivity (Wildman–Crippen MR) is 125 cm³/mol. The molecule has 2 heterocycles. The topological polar surface area (TPSA) is 101 Å². The molecule has 0 atom stereocenters. The van der Waals surface area contributed by atoms with Crippen LogP contribution in [0.3, 0.4) is 0 Å². The molecule has 0 spiro atoms. The number of benzene rings is 3. The van der Waals surface area contributed by atoms with Crippen molar-refractivity contribution in [3.05, 3.63) is 83.4 Å². The molecule has 0 fully saturated rings. The quantitative estimate of drug-likeness (QED) is 0.437. The highest BCUT2D eigenvalue weighted by Crippen LogP contribution is 2.29. The molecule has 0 bridgehead atoms. The number of hydrogen-bond acceptors (Lipinski definition) is 6. The van der Waals surface area contributed by atoms with Gasteiger partial charge >= 0.3 is 5.97 Å². The fraction of sp³-hybridized carbons (Fsp3) is 0.160. The van der Waals surface area contributed by atoms with Gasteiger partial charge in [-0.25, -0.2) is 9.79 Å². The lowest BCUT2D eigenvalue weighted by molar-refractivity contribution is 0.0698. The summed E-state index contributed by atoms with van der Waals surface area (Å²) >= 11 is 0. The summed E-state index contributed by atoms with van der Waals surface area (Å²) < 4.78 is 7.54. The van der Waals surface area contributed by atoms with Gasteiger partial charge in [0.25, 0.3) is 6.01 Å². The second-order valence-electron chi connectivity index (χ2n) is 7.50. The molecule has 1 aromatic heterocycles. The van der Waals surface area contributed by atoms with E-state index in [4.69, 9.17) is 4.74 Å². The van der Waals surface area contributed by atoms with Gasteiger partial charge in [0.1, 0.15) is 0 Å². The van der Waals surface area contributed by atoms with Crippen molar-refractivity contribution in [3.63, 3.8) is 0 Å². The molecular weight excluding hydrogens is 418 g/mol. The van der Waals surface area contributed by atoms with Crippen LogP contribution in [-0.4, -0.2) is 39.7 Å². The molecule has 0 radical (unpaired) electrons. The van der Waals surface area contributed by atoms with E-state index in [9.17, 15) is 9.90 Å². The molecule has 1 aliphatic heterocycles. The van der Waals surface area contributed by atoms with E-state index in [1.807, 2.05) is 60.0 Å². The first kappa shape index (κ1) is 20.6. The van der Waals surface area contributed by atoms with Crippen LogP contribution in [0.5, 0.6) is 6.01 Å². The van der Waals surface area contributed by atoms with E-state index in [-0.39, 0.29) is 5.56 Å². The zero-order chi connectivity index (χ0) is 22.8. The van der Waals surface area contributed by atoms with Crippen LogP contribution in [0.4, 0.5) is 0 Å². The number of carbonyl (C=O) groups is 1. The van der Waals surface area contributed by atoms with Gasteiger partial charge in [0.05, 0.1) is 29.7 Å². The molecule has 3 aromatic carbocycles. The SMILES string of the molecule is CCOc1nc2cccc(C(=O)O)c2n1Cc1ccc(-c2ccccc2C2=NCN=N2)cc1. The zero-order valence-corrected chi connectivity index (χ0v) is 18.0. The molecule has 0 saturated carbocycles.